The molecular weight excluding hydrogens is 248 g/mol. The van der Waals surface area contributed by atoms with Crippen molar-refractivity contribution in [1.82, 2.24) is 14.9 Å². The molecule has 0 bridgehead atoms. The van der Waals surface area contributed by atoms with Gasteiger partial charge in [0.05, 0.1) is 5.69 Å². The van der Waals surface area contributed by atoms with Gasteiger partial charge in [-0.3, -0.25) is 4.79 Å². The number of thiol groups is 1. The minimum atomic E-state index is 0.160. The maximum absolute atomic E-state index is 11.8. The molecule has 18 heavy (non-hydrogen) atoms. The fourth-order valence-corrected chi connectivity index (χ4v) is 2.18. The third-order valence-corrected chi connectivity index (χ3v) is 3.22. The van der Waals surface area contributed by atoms with Crippen molar-refractivity contribution in [1.29, 1.82) is 0 Å². The zero-order valence-corrected chi connectivity index (χ0v) is 11.7. The van der Waals surface area contributed by atoms with Gasteiger partial charge in [-0.15, -0.1) is 0 Å². The Balaban J connectivity index is 2.13. The number of rotatable bonds is 3. The maximum Gasteiger partial charge on any atom is 0.225 e. The summed E-state index contributed by atoms with van der Waals surface area (Å²) in [6, 6.07) is 0. The summed E-state index contributed by atoms with van der Waals surface area (Å²) in [5.74, 6) is 1.48. The van der Waals surface area contributed by atoms with Gasteiger partial charge in [0.15, 0.2) is 0 Å². The highest BCUT2D eigenvalue weighted by Crippen LogP contribution is 2.19. The lowest BCUT2D eigenvalue weighted by Gasteiger charge is -2.28. The van der Waals surface area contributed by atoms with Gasteiger partial charge >= 0.3 is 0 Å². The molecule has 0 saturated heterocycles. The molecule has 1 aromatic heterocycles. The first kappa shape index (κ1) is 13.1. The van der Waals surface area contributed by atoms with Crippen molar-refractivity contribution in [2.24, 2.45) is 0 Å². The highest BCUT2D eigenvalue weighted by Gasteiger charge is 2.21. The molecule has 1 aliphatic rings. The molecule has 0 unspecified atom stereocenters. The highest BCUT2D eigenvalue weighted by atomic mass is 32.1. The Morgan fingerprint density at radius 2 is 2.33 bits per heavy atom. The molecule has 0 saturated carbocycles. The third kappa shape index (κ3) is 2.75. The van der Waals surface area contributed by atoms with E-state index >= 15 is 0 Å². The van der Waals surface area contributed by atoms with Crippen LogP contribution in [-0.2, 0) is 17.8 Å². The normalized spacial score (nSPS) is 14.3. The predicted molar refractivity (Wildman–Crippen MR) is 74.0 cm³/mol. The second kappa shape index (κ2) is 5.56. The standard InChI is InChI=1S/C12H18N4OS/c1-15(2)12-13-7-9-8-16(11(17)4-6-18)5-3-10(9)14-12/h7,18H,3-6,8H2,1-2H3. The van der Waals surface area contributed by atoms with Gasteiger partial charge in [0.25, 0.3) is 0 Å². The molecule has 1 aliphatic heterocycles. The van der Waals surface area contributed by atoms with Gasteiger partial charge in [0.1, 0.15) is 0 Å². The molecular formula is C12H18N4OS. The summed E-state index contributed by atoms with van der Waals surface area (Å²) in [5, 5.41) is 0. The Bertz CT molecular complexity index is 450. The molecule has 2 heterocycles. The molecule has 5 nitrogen and oxygen atoms in total. The SMILES string of the molecule is CN(C)c1ncc2c(n1)CCN(C(=O)CCS)C2. The highest BCUT2D eigenvalue weighted by molar-refractivity contribution is 7.80. The lowest BCUT2D eigenvalue weighted by Crippen LogP contribution is -2.36. The van der Waals surface area contributed by atoms with Crippen LogP contribution in [0, 0.1) is 0 Å². The molecule has 0 aromatic carbocycles. The summed E-state index contributed by atoms with van der Waals surface area (Å²) in [7, 11) is 3.85. The Kier molecular flexibility index (Phi) is 4.06. The van der Waals surface area contributed by atoms with Crippen molar-refractivity contribution in [2.45, 2.75) is 19.4 Å². The number of nitrogens with zero attached hydrogens (tertiary/aromatic N) is 4. The van der Waals surface area contributed by atoms with E-state index in [9.17, 15) is 4.79 Å². The lowest BCUT2D eigenvalue weighted by atomic mass is 10.1. The van der Waals surface area contributed by atoms with Crippen LogP contribution in [0.15, 0.2) is 6.20 Å². The molecule has 0 fully saturated rings. The van der Waals surface area contributed by atoms with E-state index in [0.717, 1.165) is 30.2 Å². The van der Waals surface area contributed by atoms with Crippen LogP contribution in [0.4, 0.5) is 5.95 Å². The van der Waals surface area contributed by atoms with E-state index in [0.29, 0.717) is 18.7 Å². The minimum absolute atomic E-state index is 0.160. The van der Waals surface area contributed by atoms with Crippen molar-refractivity contribution in [2.75, 3.05) is 31.3 Å². The second-order valence-electron chi connectivity index (χ2n) is 4.58. The van der Waals surface area contributed by atoms with Crippen LogP contribution < -0.4 is 4.90 Å². The van der Waals surface area contributed by atoms with E-state index in [2.05, 4.69) is 22.6 Å². The molecule has 0 spiro atoms. The maximum atomic E-state index is 11.8. The fraction of sp³-hybridized carbons (Fsp3) is 0.583. The Morgan fingerprint density at radius 1 is 1.56 bits per heavy atom. The molecule has 0 aliphatic carbocycles. The van der Waals surface area contributed by atoms with Crippen molar-refractivity contribution in [3.05, 3.63) is 17.5 Å². The van der Waals surface area contributed by atoms with E-state index in [1.165, 1.54) is 0 Å². The summed E-state index contributed by atoms with van der Waals surface area (Å²) in [5.41, 5.74) is 2.11. The molecule has 0 atom stereocenters. The van der Waals surface area contributed by atoms with Gasteiger partial charge in [-0.2, -0.15) is 12.6 Å². The van der Waals surface area contributed by atoms with Crippen LogP contribution in [-0.4, -0.2) is 47.2 Å². The zero-order chi connectivity index (χ0) is 13.1. The average molecular weight is 266 g/mol. The summed E-state index contributed by atoms with van der Waals surface area (Å²) in [6.45, 7) is 1.36. The van der Waals surface area contributed by atoms with Crippen LogP contribution in [0.3, 0.4) is 0 Å². The van der Waals surface area contributed by atoms with Crippen LogP contribution >= 0.6 is 12.6 Å². The zero-order valence-electron chi connectivity index (χ0n) is 10.8. The minimum Gasteiger partial charge on any atom is -0.347 e. The van der Waals surface area contributed by atoms with Gasteiger partial charge < -0.3 is 9.80 Å². The van der Waals surface area contributed by atoms with Crippen molar-refractivity contribution < 1.29 is 4.79 Å². The summed E-state index contributed by atoms with van der Waals surface area (Å²) < 4.78 is 0. The van der Waals surface area contributed by atoms with Crippen molar-refractivity contribution >= 4 is 24.5 Å². The van der Waals surface area contributed by atoms with Crippen LogP contribution in [0.1, 0.15) is 17.7 Å². The number of carbonyl (C=O) groups is 1. The Hall–Kier alpha value is -1.30. The molecule has 0 N–H and O–H groups in total. The molecule has 98 valence electrons. The summed E-state index contributed by atoms with van der Waals surface area (Å²) in [6.07, 6.45) is 3.13. The topological polar surface area (TPSA) is 49.3 Å². The van der Waals surface area contributed by atoms with Gasteiger partial charge in [-0.05, 0) is 5.75 Å². The first-order chi connectivity index (χ1) is 8.61. The van der Waals surface area contributed by atoms with Gasteiger partial charge in [0, 0.05) is 51.8 Å². The summed E-state index contributed by atoms with van der Waals surface area (Å²) >= 11 is 4.09. The number of amides is 1. The summed E-state index contributed by atoms with van der Waals surface area (Å²) in [4.78, 5) is 24.4. The van der Waals surface area contributed by atoms with E-state index < -0.39 is 0 Å². The second-order valence-corrected chi connectivity index (χ2v) is 5.02. The number of carbonyl (C=O) groups excluding carboxylic acids is 1. The molecule has 1 aromatic rings. The van der Waals surface area contributed by atoms with E-state index in [1.807, 2.05) is 30.1 Å². The Morgan fingerprint density at radius 3 is 3.00 bits per heavy atom. The fourth-order valence-electron chi connectivity index (χ4n) is 1.99. The Labute approximate surface area is 113 Å². The number of anilines is 1. The largest absolute Gasteiger partial charge is 0.347 e. The molecule has 2 rings (SSSR count). The van der Waals surface area contributed by atoms with E-state index in [1.54, 1.807) is 0 Å². The van der Waals surface area contributed by atoms with Gasteiger partial charge in [-0.1, -0.05) is 0 Å². The molecule has 0 radical (unpaired) electrons. The monoisotopic (exact) mass is 266 g/mol. The predicted octanol–water partition coefficient (Wildman–Crippen LogP) is 0.747. The van der Waals surface area contributed by atoms with Crippen LogP contribution in [0.5, 0.6) is 0 Å². The first-order valence-electron chi connectivity index (χ1n) is 6.02. The van der Waals surface area contributed by atoms with Gasteiger partial charge in [-0.25, -0.2) is 9.97 Å². The van der Waals surface area contributed by atoms with Crippen molar-refractivity contribution in [3.8, 4) is 0 Å². The smallest absolute Gasteiger partial charge is 0.225 e. The number of hydrogen-bond acceptors (Lipinski definition) is 5. The van der Waals surface area contributed by atoms with E-state index in [-0.39, 0.29) is 5.91 Å². The van der Waals surface area contributed by atoms with Gasteiger partial charge in [0.2, 0.25) is 11.9 Å². The van der Waals surface area contributed by atoms with Crippen molar-refractivity contribution in [3.63, 3.8) is 0 Å². The first-order valence-corrected chi connectivity index (χ1v) is 6.66. The van der Waals surface area contributed by atoms with Crippen LogP contribution in [0.25, 0.3) is 0 Å². The number of fused-ring (bicyclic) bond motifs is 1. The quantitative estimate of drug-likeness (QED) is 0.820. The number of aromatic nitrogens is 2. The molecule has 1 amide bonds. The van der Waals surface area contributed by atoms with Crippen LogP contribution in [0.2, 0.25) is 0 Å². The third-order valence-electron chi connectivity index (χ3n) is 3.00. The number of hydrogen-bond donors (Lipinski definition) is 1. The van der Waals surface area contributed by atoms with E-state index in [4.69, 9.17) is 0 Å². The average Bonchev–Trinajstić information content (AvgIpc) is 2.37. The molecule has 6 heteroatoms. The lowest BCUT2D eigenvalue weighted by molar-refractivity contribution is -0.131.